The van der Waals surface area contributed by atoms with E-state index in [0.29, 0.717) is 17.7 Å². The van der Waals surface area contributed by atoms with Crippen LogP contribution < -0.4 is 0 Å². The molecule has 2 aromatic carbocycles. The largest absolute Gasteiger partial charge is 0.478 e. The number of pyridine rings is 1. The zero-order valence-corrected chi connectivity index (χ0v) is 18.8. The summed E-state index contributed by atoms with van der Waals surface area (Å²) in [5, 5.41) is 14.4. The molecule has 0 saturated carbocycles. The average Bonchev–Trinajstić information content (AvgIpc) is 3.46. The number of aromatic carboxylic acids is 1. The van der Waals surface area contributed by atoms with Crippen LogP contribution in [-0.2, 0) is 13.5 Å². The number of aryl methyl sites for hydroxylation is 2. The van der Waals surface area contributed by atoms with Gasteiger partial charge in [-0.2, -0.15) is 9.49 Å². The van der Waals surface area contributed by atoms with E-state index in [-0.39, 0.29) is 17.8 Å². The van der Waals surface area contributed by atoms with Crippen molar-refractivity contribution >= 4 is 22.7 Å². The molecule has 0 fully saturated rings. The number of hydrogen-bond acceptors (Lipinski definition) is 4. The third kappa shape index (κ3) is 4.59. The number of halogens is 1. The van der Waals surface area contributed by atoms with Gasteiger partial charge < -0.3 is 10.1 Å². The average molecular weight is 468 g/mol. The van der Waals surface area contributed by atoms with E-state index in [9.17, 15) is 14.0 Å². The number of carbonyl (C=O) groups excluding carboxylic acids is 1. The number of rotatable bonds is 7. The summed E-state index contributed by atoms with van der Waals surface area (Å²) in [4.78, 5) is 30.7. The van der Waals surface area contributed by atoms with Crippen molar-refractivity contribution in [2.75, 3.05) is 0 Å². The van der Waals surface area contributed by atoms with Gasteiger partial charge in [-0.05, 0) is 54.4 Å². The Bertz CT molecular complexity index is 1570. The van der Waals surface area contributed by atoms with E-state index in [2.05, 4.69) is 15.1 Å². The van der Waals surface area contributed by atoms with E-state index >= 15 is 0 Å². The SMILES string of the molecule is Cn1nc(C(=O)CCc2ccc(C(=O)O)cc2)cc1-c1ccc2[nH]c(-c3ccnc(F)c3)cc2c1. The molecule has 8 heteroatoms. The molecular formula is C27H21FN4O3. The Balaban J connectivity index is 1.34. The number of nitrogens with zero attached hydrogens (tertiary/aromatic N) is 3. The fourth-order valence-corrected chi connectivity index (χ4v) is 4.09. The second kappa shape index (κ2) is 8.98. The number of benzene rings is 2. The Morgan fingerprint density at radius 3 is 2.54 bits per heavy atom. The molecule has 0 atom stereocenters. The highest BCUT2D eigenvalue weighted by Crippen LogP contribution is 2.29. The van der Waals surface area contributed by atoms with E-state index in [1.165, 1.54) is 24.4 Å². The van der Waals surface area contributed by atoms with Crippen LogP contribution in [0.1, 0.15) is 32.8 Å². The van der Waals surface area contributed by atoms with Crippen LogP contribution in [0.15, 0.2) is 72.9 Å². The Morgan fingerprint density at radius 2 is 1.80 bits per heavy atom. The highest BCUT2D eigenvalue weighted by molar-refractivity contribution is 5.96. The maximum atomic E-state index is 13.5. The Kier molecular flexibility index (Phi) is 5.70. The first kappa shape index (κ1) is 22.2. The summed E-state index contributed by atoms with van der Waals surface area (Å²) < 4.78 is 15.2. The second-order valence-electron chi connectivity index (χ2n) is 8.32. The third-order valence-corrected chi connectivity index (χ3v) is 5.96. The highest BCUT2D eigenvalue weighted by Gasteiger charge is 2.15. The molecule has 3 aromatic heterocycles. The lowest BCUT2D eigenvalue weighted by Crippen LogP contribution is -2.03. The molecule has 0 amide bonds. The molecular weight excluding hydrogens is 447 g/mol. The number of ketones is 1. The van der Waals surface area contributed by atoms with Crippen molar-refractivity contribution in [3.63, 3.8) is 0 Å². The quantitative estimate of drug-likeness (QED) is 0.250. The van der Waals surface area contributed by atoms with Crippen LogP contribution in [0.25, 0.3) is 33.4 Å². The minimum absolute atomic E-state index is 0.0844. The lowest BCUT2D eigenvalue weighted by atomic mass is 10.0. The third-order valence-electron chi connectivity index (χ3n) is 5.96. The van der Waals surface area contributed by atoms with Gasteiger partial charge in [-0.15, -0.1) is 0 Å². The monoisotopic (exact) mass is 468 g/mol. The maximum Gasteiger partial charge on any atom is 0.335 e. The number of aromatic amines is 1. The van der Waals surface area contributed by atoms with Crippen molar-refractivity contribution in [1.82, 2.24) is 19.7 Å². The van der Waals surface area contributed by atoms with Crippen LogP contribution in [0.3, 0.4) is 0 Å². The van der Waals surface area contributed by atoms with Crippen molar-refractivity contribution in [2.45, 2.75) is 12.8 Å². The molecule has 0 unspecified atom stereocenters. The lowest BCUT2D eigenvalue weighted by molar-refractivity contribution is 0.0696. The minimum atomic E-state index is -0.978. The summed E-state index contributed by atoms with van der Waals surface area (Å²) in [6.45, 7) is 0. The molecule has 7 nitrogen and oxygen atoms in total. The smallest absolute Gasteiger partial charge is 0.335 e. The molecule has 5 rings (SSSR count). The van der Waals surface area contributed by atoms with Gasteiger partial charge >= 0.3 is 5.97 Å². The van der Waals surface area contributed by atoms with E-state index in [0.717, 1.165) is 33.4 Å². The van der Waals surface area contributed by atoms with E-state index in [4.69, 9.17) is 5.11 Å². The van der Waals surface area contributed by atoms with E-state index < -0.39 is 11.9 Å². The van der Waals surface area contributed by atoms with Gasteiger partial charge in [0.1, 0.15) is 5.69 Å². The normalized spacial score (nSPS) is 11.1. The predicted molar refractivity (Wildman–Crippen MR) is 130 cm³/mol. The zero-order valence-electron chi connectivity index (χ0n) is 18.8. The zero-order chi connectivity index (χ0) is 24.5. The molecule has 0 aliphatic rings. The Hall–Kier alpha value is -4.59. The molecule has 2 N–H and O–H groups in total. The van der Waals surface area contributed by atoms with Gasteiger partial charge in [0.05, 0.1) is 11.3 Å². The van der Waals surface area contributed by atoms with Gasteiger partial charge in [0, 0.05) is 53.5 Å². The molecule has 5 aromatic rings. The number of carboxylic acid groups (broad SMARTS) is 1. The van der Waals surface area contributed by atoms with Gasteiger partial charge in [0.15, 0.2) is 5.78 Å². The van der Waals surface area contributed by atoms with Gasteiger partial charge in [-0.25, -0.2) is 9.78 Å². The molecule has 0 bridgehead atoms. The number of nitrogens with one attached hydrogen (secondary N) is 1. The number of hydrogen-bond donors (Lipinski definition) is 2. The van der Waals surface area contributed by atoms with Crippen molar-refractivity contribution in [3.05, 3.63) is 95.7 Å². The summed E-state index contributed by atoms with van der Waals surface area (Å²) in [6.07, 6.45) is 2.20. The lowest BCUT2D eigenvalue weighted by Gasteiger charge is -2.01. The summed E-state index contributed by atoms with van der Waals surface area (Å²) in [5.41, 5.74) is 5.61. The van der Waals surface area contributed by atoms with Crippen LogP contribution in [-0.4, -0.2) is 36.6 Å². The Morgan fingerprint density at radius 1 is 1.00 bits per heavy atom. The number of aromatic nitrogens is 4. The first-order valence-electron chi connectivity index (χ1n) is 11.0. The van der Waals surface area contributed by atoms with Crippen LogP contribution in [0.4, 0.5) is 4.39 Å². The van der Waals surface area contributed by atoms with Crippen LogP contribution in [0.5, 0.6) is 0 Å². The van der Waals surface area contributed by atoms with Crippen LogP contribution >= 0.6 is 0 Å². The first-order valence-corrected chi connectivity index (χ1v) is 11.0. The van der Waals surface area contributed by atoms with Crippen LogP contribution in [0.2, 0.25) is 0 Å². The topological polar surface area (TPSA) is 101 Å². The molecule has 0 saturated heterocycles. The molecule has 0 aliphatic heterocycles. The molecule has 3 heterocycles. The summed E-state index contributed by atoms with van der Waals surface area (Å²) in [6, 6.07) is 19.3. The van der Waals surface area contributed by atoms with Crippen molar-refractivity contribution in [3.8, 4) is 22.5 Å². The van der Waals surface area contributed by atoms with Gasteiger partial charge in [0.2, 0.25) is 5.95 Å². The number of carbonyl (C=O) groups is 2. The number of Topliss-reactive ketones (excluding diaryl/α,β-unsaturated/α-hetero) is 1. The fourth-order valence-electron chi connectivity index (χ4n) is 4.09. The second-order valence-corrected chi connectivity index (χ2v) is 8.32. The van der Waals surface area contributed by atoms with Crippen molar-refractivity contribution in [2.24, 2.45) is 7.05 Å². The molecule has 0 aliphatic carbocycles. The number of fused-ring (bicyclic) bond motifs is 1. The maximum absolute atomic E-state index is 13.5. The summed E-state index contributed by atoms with van der Waals surface area (Å²) in [7, 11) is 1.79. The van der Waals surface area contributed by atoms with E-state index in [1.807, 2.05) is 24.3 Å². The molecule has 35 heavy (non-hydrogen) atoms. The predicted octanol–water partition coefficient (Wildman–Crippen LogP) is 5.28. The minimum Gasteiger partial charge on any atom is -0.478 e. The first-order chi connectivity index (χ1) is 16.9. The van der Waals surface area contributed by atoms with Crippen molar-refractivity contribution in [1.29, 1.82) is 0 Å². The summed E-state index contributed by atoms with van der Waals surface area (Å²) in [5.74, 6) is -1.60. The van der Waals surface area contributed by atoms with Gasteiger partial charge in [0.25, 0.3) is 0 Å². The van der Waals surface area contributed by atoms with Gasteiger partial charge in [-0.1, -0.05) is 18.2 Å². The number of H-pyrrole nitrogens is 1. The standard InChI is InChI=1S/C27H21FN4O3/c1-32-24(15-23(31-32)25(33)9-4-16-2-5-17(6-3-16)27(34)35)19-7-8-21-20(12-19)13-22(30-21)18-10-11-29-26(28)14-18/h2-3,5-8,10-15,30H,4,9H2,1H3,(H,34,35). The number of carboxylic acids is 1. The van der Waals surface area contributed by atoms with Crippen LogP contribution in [0, 0.1) is 5.95 Å². The molecule has 174 valence electrons. The highest BCUT2D eigenvalue weighted by atomic mass is 19.1. The summed E-state index contributed by atoms with van der Waals surface area (Å²) >= 11 is 0. The Labute approximate surface area is 199 Å². The molecule has 0 spiro atoms. The van der Waals surface area contributed by atoms with E-state index in [1.54, 1.807) is 36.0 Å². The molecule has 0 radical (unpaired) electrons. The van der Waals surface area contributed by atoms with Crippen molar-refractivity contribution < 1.29 is 19.1 Å². The van der Waals surface area contributed by atoms with Gasteiger partial charge in [-0.3, -0.25) is 9.48 Å². The fraction of sp³-hybridized carbons (Fsp3) is 0.111.